The van der Waals surface area contributed by atoms with Crippen molar-refractivity contribution in [3.05, 3.63) is 65.2 Å². The van der Waals surface area contributed by atoms with Crippen LogP contribution in [-0.2, 0) is 22.0 Å². The molecule has 0 aliphatic carbocycles. The normalized spacial score (nSPS) is 16.6. The molecule has 3 rings (SSSR count). The Kier molecular flexibility index (Phi) is 8.60. The van der Waals surface area contributed by atoms with Crippen LogP contribution in [0.1, 0.15) is 51.3 Å². The molecule has 0 saturated carbocycles. The zero-order valence-corrected chi connectivity index (χ0v) is 20.0. The van der Waals surface area contributed by atoms with Crippen molar-refractivity contribution >= 4 is 18.6 Å². The number of urea groups is 1. The fourth-order valence-electron chi connectivity index (χ4n) is 3.09. The maximum absolute atomic E-state index is 12.7. The van der Waals surface area contributed by atoms with Gasteiger partial charge in [0.2, 0.25) is 0 Å². The SMILES string of the molecule is CCNC(=O)NCc1ccccc1.Cc1cc(C(F)(F)F)ccc1B1OC(C)(C)C(C)(C)O1. The number of hydrogen-bond donors (Lipinski definition) is 2. The Labute approximate surface area is 194 Å². The molecular formula is C24H32BF3N2O3. The highest BCUT2D eigenvalue weighted by Gasteiger charge is 2.52. The van der Waals surface area contributed by atoms with Crippen molar-refractivity contribution in [1.82, 2.24) is 10.6 Å². The lowest BCUT2D eigenvalue weighted by atomic mass is 9.76. The molecule has 0 atom stereocenters. The van der Waals surface area contributed by atoms with Crippen LogP contribution in [0.15, 0.2) is 48.5 Å². The van der Waals surface area contributed by atoms with Gasteiger partial charge < -0.3 is 19.9 Å². The summed E-state index contributed by atoms with van der Waals surface area (Å²) in [4.78, 5) is 11.0. The third kappa shape index (κ3) is 7.24. The van der Waals surface area contributed by atoms with Gasteiger partial charge in [0.1, 0.15) is 0 Å². The highest BCUT2D eigenvalue weighted by Crippen LogP contribution is 2.37. The van der Waals surface area contributed by atoms with Crippen molar-refractivity contribution in [3.63, 3.8) is 0 Å². The fourth-order valence-corrected chi connectivity index (χ4v) is 3.09. The van der Waals surface area contributed by atoms with E-state index in [-0.39, 0.29) is 6.03 Å². The van der Waals surface area contributed by atoms with Gasteiger partial charge >= 0.3 is 19.3 Å². The molecule has 2 N–H and O–H groups in total. The molecule has 33 heavy (non-hydrogen) atoms. The molecule has 2 aromatic rings. The lowest BCUT2D eigenvalue weighted by Gasteiger charge is -2.32. The van der Waals surface area contributed by atoms with E-state index in [9.17, 15) is 18.0 Å². The van der Waals surface area contributed by atoms with Gasteiger partial charge in [0, 0.05) is 13.1 Å². The average Bonchev–Trinajstić information content (AvgIpc) is 2.94. The minimum atomic E-state index is -4.33. The van der Waals surface area contributed by atoms with Crippen LogP contribution in [0.3, 0.4) is 0 Å². The molecule has 1 saturated heterocycles. The van der Waals surface area contributed by atoms with Crippen LogP contribution in [0.2, 0.25) is 0 Å². The van der Waals surface area contributed by atoms with Gasteiger partial charge in [-0.05, 0) is 58.6 Å². The summed E-state index contributed by atoms with van der Waals surface area (Å²) >= 11 is 0. The van der Waals surface area contributed by atoms with E-state index in [1.54, 1.807) is 6.92 Å². The van der Waals surface area contributed by atoms with Crippen LogP contribution in [0, 0.1) is 6.92 Å². The number of carbonyl (C=O) groups is 1. The van der Waals surface area contributed by atoms with Gasteiger partial charge in [-0.25, -0.2) is 4.79 Å². The van der Waals surface area contributed by atoms with Crippen molar-refractivity contribution < 1.29 is 27.3 Å². The minimum Gasteiger partial charge on any atom is -0.399 e. The summed E-state index contributed by atoms with van der Waals surface area (Å²) in [6.07, 6.45) is -4.33. The number of aryl methyl sites for hydroxylation is 1. The Morgan fingerprint density at radius 1 is 0.970 bits per heavy atom. The van der Waals surface area contributed by atoms with E-state index in [0.29, 0.717) is 24.1 Å². The first-order valence-electron chi connectivity index (χ1n) is 10.9. The molecular weight excluding hydrogens is 432 g/mol. The van der Waals surface area contributed by atoms with Gasteiger partial charge in [-0.15, -0.1) is 0 Å². The van der Waals surface area contributed by atoms with E-state index < -0.39 is 30.1 Å². The Balaban J connectivity index is 0.000000257. The summed E-state index contributed by atoms with van der Waals surface area (Å²) in [5.41, 5.74) is 0.582. The van der Waals surface area contributed by atoms with Crippen LogP contribution in [-0.4, -0.2) is 30.9 Å². The second kappa shape index (κ2) is 10.6. The summed E-state index contributed by atoms with van der Waals surface area (Å²) in [5, 5.41) is 5.42. The predicted octanol–water partition coefficient (Wildman–Crippen LogP) is 4.82. The number of amides is 2. The Morgan fingerprint density at radius 3 is 2.03 bits per heavy atom. The van der Waals surface area contributed by atoms with Crippen LogP contribution < -0.4 is 16.1 Å². The highest BCUT2D eigenvalue weighted by atomic mass is 19.4. The van der Waals surface area contributed by atoms with E-state index in [4.69, 9.17) is 9.31 Å². The molecule has 1 aliphatic rings. The van der Waals surface area contributed by atoms with Crippen molar-refractivity contribution in [2.24, 2.45) is 0 Å². The largest absolute Gasteiger partial charge is 0.495 e. The topological polar surface area (TPSA) is 59.6 Å². The number of hydrogen-bond acceptors (Lipinski definition) is 3. The third-order valence-electron chi connectivity index (χ3n) is 5.74. The van der Waals surface area contributed by atoms with E-state index in [1.165, 1.54) is 6.07 Å². The van der Waals surface area contributed by atoms with E-state index >= 15 is 0 Å². The molecule has 0 radical (unpaired) electrons. The van der Waals surface area contributed by atoms with Gasteiger partial charge in [0.25, 0.3) is 0 Å². The van der Waals surface area contributed by atoms with Crippen molar-refractivity contribution in [2.75, 3.05) is 6.54 Å². The summed E-state index contributed by atoms with van der Waals surface area (Å²) in [6.45, 7) is 12.4. The summed E-state index contributed by atoms with van der Waals surface area (Å²) < 4.78 is 49.7. The van der Waals surface area contributed by atoms with E-state index in [1.807, 2.05) is 65.0 Å². The van der Waals surface area contributed by atoms with Crippen molar-refractivity contribution in [3.8, 4) is 0 Å². The fraction of sp³-hybridized carbons (Fsp3) is 0.458. The van der Waals surface area contributed by atoms with Crippen LogP contribution >= 0.6 is 0 Å². The number of halogens is 3. The Morgan fingerprint density at radius 2 is 1.55 bits per heavy atom. The molecule has 180 valence electrons. The van der Waals surface area contributed by atoms with Gasteiger partial charge in [-0.3, -0.25) is 0 Å². The molecule has 0 bridgehead atoms. The molecule has 1 fully saturated rings. The van der Waals surface area contributed by atoms with Crippen molar-refractivity contribution in [2.45, 2.75) is 65.5 Å². The first-order chi connectivity index (χ1) is 15.3. The number of benzene rings is 2. The summed E-state index contributed by atoms with van der Waals surface area (Å²) in [7, 11) is -0.637. The number of alkyl halides is 3. The van der Waals surface area contributed by atoms with E-state index in [2.05, 4.69) is 10.6 Å². The lowest BCUT2D eigenvalue weighted by molar-refractivity contribution is -0.137. The molecule has 9 heteroatoms. The zero-order valence-electron chi connectivity index (χ0n) is 20.0. The van der Waals surface area contributed by atoms with Gasteiger partial charge in [0.15, 0.2) is 0 Å². The number of rotatable bonds is 4. The predicted molar refractivity (Wildman–Crippen MR) is 124 cm³/mol. The maximum atomic E-state index is 12.7. The number of carbonyl (C=O) groups excluding carboxylic acids is 1. The average molecular weight is 464 g/mol. The number of nitrogens with one attached hydrogen (secondary N) is 2. The Bertz CT molecular complexity index is 918. The molecule has 2 amide bonds. The highest BCUT2D eigenvalue weighted by molar-refractivity contribution is 6.62. The molecule has 0 aromatic heterocycles. The second-order valence-electron chi connectivity index (χ2n) is 8.86. The van der Waals surface area contributed by atoms with Gasteiger partial charge in [0.05, 0.1) is 16.8 Å². The molecule has 2 aromatic carbocycles. The van der Waals surface area contributed by atoms with Gasteiger partial charge in [-0.1, -0.05) is 48.0 Å². The molecule has 0 unspecified atom stereocenters. The maximum Gasteiger partial charge on any atom is 0.495 e. The van der Waals surface area contributed by atoms with Crippen molar-refractivity contribution in [1.29, 1.82) is 0 Å². The van der Waals surface area contributed by atoms with Crippen LogP contribution in [0.5, 0.6) is 0 Å². The summed E-state index contributed by atoms with van der Waals surface area (Å²) in [6, 6.07) is 13.3. The lowest BCUT2D eigenvalue weighted by Crippen LogP contribution is -2.41. The van der Waals surface area contributed by atoms with Crippen LogP contribution in [0.25, 0.3) is 0 Å². The van der Waals surface area contributed by atoms with Crippen LogP contribution in [0.4, 0.5) is 18.0 Å². The smallest absolute Gasteiger partial charge is 0.399 e. The monoisotopic (exact) mass is 464 g/mol. The Hall–Kier alpha value is -2.52. The molecule has 1 heterocycles. The molecule has 5 nitrogen and oxygen atoms in total. The van der Waals surface area contributed by atoms with Gasteiger partial charge in [-0.2, -0.15) is 13.2 Å². The van der Waals surface area contributed by atoms with E-state index in [0.717, 1.165) is 17.7 Å². The zero-order chi connectivity index (χ0) is 24.9. The standard InChI is InChI=1S/C14H18BF3O2.C10H14N2O/c1-9-8-10(14(16,17)18)6-7-11(9)15-19-12(2,3)13(4,5)20-15;1-2-11-10(13)12-8-9-6-4-3-5-7-9/h6-8H,1-5H3;3-7H,2,8H2,1H3,(H2,11,12,13). The quantitative estimate of drug-likeness (QED) is 0.639. The summed E-state index contributed by atoms with van der Waals surface area (Å²) in [5.74, 6) is 0. The third-order valence-corrected chi connectivity index (χ3v) is 5.74. The first-order valence-corrected chi connectivity index (χ1v) is 10.9. The molecule has 1 aliphatic heterocycles. The first kappa shape index (κ1) is 26.7. The molecule has 0 spiro atoms. The second-order valence-corrected chi connectivity index (χ2v) is 8.86. The minimum absolute atomic E-state index is 0.119.